The van der Waals surface area contributed by atoms with Gasteiger partial charge in [-0.3, -0.25) is 0 Å². The number of anilines is 2. The van der Waals surface area contributed by atoms with Crippen LogP contribution in [0.25, 0.3) is 11.0 Å². The number of hydrogen-bond acceptors (Lipinski definition) is 6. The summed E-state index contributed by atoms with van der Waals surface area (Å²) in [5, 5.41) is 12.7. The van der Waals surface area contributed by atoms with Crippen molar-refractivity contribution in [3.05, 3.63) is 42.6 Å². The number of ether oxygens (including phenoxy) is 1. The summed E-state index contributed by atoms with van der Waals surface area (Å²) >= 11 is 0. The molecule has 0 spiro atoms. The second kappa shape index (κ2) is 5.08. The van der Waals surface area contributed by atoms with E-state index >= 15 is 0 Å². The first-order valence-electron chi connectivity index (χ1n) is 6.11. The zero-order valence-corrected chi connectivity index (χ0v) is 11.2. The van der Waals surface area contributed by atoms with Gasteiger partial charge in [-0.2, -0.15) is 0 Å². The highest BCUT2D eigenvalue weighted by atomic mass is 16.5. The van der Waals surface area contributed by atoms with Crippen LogP contribution in [0.3, 0.4) is 0 Å². The number of hydrogen-bond donors (Lipinski definition) is 0. The van der Waals surface area contributed by atoms with Crippen LogP contribution in [0.1, 0.15) is 0 Å². The van der Waals surface area contributed by atoms with Crippen molar-refractivity contribution >= 4 is 22.5 Å². The molecule has 20 heavy (non-hydrogen) atoms. The zero-order valence-electron chi connectivity index (χ0n) is 11.2. The van der Waals surface area contributed by atoms with E-state index in [0.717, 1.165) is 16.8 Å². The molecule has 6 nitrogen and oxygen atoms in total. The maximum atomic E-state index is 5.16. The van der Waals surface area contributed by atoms with Crippen molar-refractivity contribution in [1.82, 2.24) is 20.4 Å². The van der Waals surface area contributed by atoms with Gasteiger partial charge < -0.3 is 9.64 Å². The molecule has 0 saturated heterocycles. The highest BCUT2D eigenvalue weighted by Gasteiger charge is 2.11. The average Bonchev–Trinajstić information content (AvgIpc) is 2.54. The molecule has 2 heterocycles. The third-order valence-corrected chi connectivity index (χ3v) is 3.08. The quantitative estimate of drug-likeness (QED) is 0.725. The zero-order chi connectivity index (χ0) is 13.9. The summed E-state index contributed by atoms with van der Waals surface area (Å²) < 4.78 is 5.16. The normalized spacial score (nSPS) is 10.5. The molecule has 2 aromatic heterocycles. The van der Waals surface area contributed by atoms with Crippen molar-refractivity contribution in [3.63, 3.8) is 0 Å². The van der Waals surface area contributed by atoms with Crippen LogP contribution in [0.2, 0.25) is 0 Å². The van der Waals surface area contributed by atoms with Gasteiger partial charge in [-0.1, -0.05) is 0 Å². The highest BCUT2D eigenvalue weighted by molar-refractivity contribution is 5.88. The molecule has 3 rings (SSSR count). The average molecular weight is 267 g/mol. The largest absolute Gasteiger partial charge is 0.497 e. The van der Waals surface area contributed by atoms with Gasteiger partial charge in [0, 0.05) is 18.9 Å². The molecule has 0 aliphatic rings. The number of pyridine rings is 1. The summed E-state index contributed by atoms with van der Waals surface area (Å²) in [6, 6.07) is 11.5. The minimum absolute atomic E-state index is 0.581. The molecule has 0 fully saturated rings. The van der Waals surface area contributed by atoms with Gasteiger partial charge in [0.1, 0.15) is 5.75 Å². The maximum Gasteiger partial charge on any atom is 0.187 e. The summed E-state index contributed by atoms with van der Waals surface area (Å²) in [6.45, 7) is 0. The SMILES string of the molecule is COc1ccc(N(C)c2nnnc3ncccc23)cc1. The second-order valence-electron chi connectivity index (χ2n) is 4.24. The molecule has 0 aliphatic heterocycles. The van der Waals surface area contributed by atoms with Crippen LogP contribution in [0.15, 0.2) is 42.6 Å². The lowest BCUT2D eigenvalue weighted by atomic mass is 10.2. The van der Waals surface area contributed by atoms with E-state index in [4.69, 9.17) is 4.74 Å². The fourth-order valence-electron chi connectivity index (χ4n) is 1.99. The molecule has 0 atom stereocenters. The lowest BCUT2D eigenvalue weighted by molar-refractivity contribution is 0.415. The summed E-state index contributed by atoms with van der Waals surface area (Å²) in [6.07, 6.45) is 1.69. The van der Waals surface area contributed by atoms with Gasteiger partial charge in [0.15, 0.2) is 11.5 Å². The van der Waals surface area contributed by atoms with E-state index in [-0.39, 0.29) is 0 Å². The summed E-state index contributed by atoms with van der Waals surface area (Å²) in [5.41, 5.74) is 1.56. The number of nitrogens with zero attached hydrogens (tertiary/aromatic N) is 5. The molecule has 3 aromatic rings. The second-order valence-corrected chi connectivity index (χ2v) is 4.24. The fourth-order valence-corrected chi connectivity index (χ4v) is 1.99. The predicted molar refractivity (Wildman–Crippen MR) is 76.2 cm³/mol. The third kappa shape index (κ3) is 2.11. The number of methoxy groups -OCH3 is 1. The van der Waals surface area contributed by atoms with Crippen LogP contribution in [0.5, 0.6) is 5.75 Å². The molecule has 0 bridgehead atoms. The molecule has 1 aromatic carbocycles. The van der Waals surface area contributed by atoms with E-state index in [1.165, 1.54) is 0 Å². The molecule has 0 N–H and O–H groups in total. The lowest BCUT2D eigenvalue weighted by Gasteiger charge is -2.18. The first kappa shape index (κ1) is 12.3. The van der Waals surface area contributed by atoms with Crippen LogP contribution < -0.4 is 9.64 Å². The summed E-state index contributed by atoms with van der Waals surface area (Å²) in [5.74, 6) is 1.53. The van der Waals surface area contributed by atoms with Gasteiger partial charge >= 0.3 is 0 Å². The van der Waals surface area contributed by atoms with Crippen molar-refractivity contribution in [3.8, 4) is 5.75 Å². The predicted octanol–water partition coefficient (Wildman–Crippen LogP) is 2.20. The van der Waals surface area contributed by atoms with Crippen molar-refractivity contribution in [2.24, 2.45) is 0 Å². The topological polar surface area (TPSA) is 64.0 Å². The Morgan fingerprint density at radius 1 is 1.05 bits per heavy atom. The summed E-state index contributed by atoms with van der Waals surface area (Å²) in [4.78, 5) is 6.13. The van der Waals surface area contributed by atoms with Crippen LogP contribution in [0, 0.1) is 0 Å². The lowest BCUT2D eigenvalue weighted by Crippen LogP contribution is -2.13. The minimum atomic E-state index is 0.581. The first-order chi connectivity index (χ1) is 9.79. The number of aromatic nitrogens is 4. The van der Waals surface area contributed by atoms with E-state index in [1.54, 1.807) is 13.3 Å². The highest BCUT2D eigenvalue weighted by Crippen LogP contribution is 2.27. The molecular weight excluding hydrogens is 254 g/mol. The van der Waals surface area contributed by atoms with Crippen LogP contribution in [0.4, 0.5) is 11.5 Å². The first-order valence-corrected chi connectivity index (χ1v) is 6.11. The Hall–Kier alpha value is -2.76. The van der Waals surface area contributed by atoms with Crippen molar-refractivity contribution in [1.29, 1.82) is 0 Å². The molecule has 0 radical (unpaired) electrons. The number of fused-ring (bicyclic) bond motifs is 1. The van der Waals surface area contributed by atoms with Crippen LogP contribution in [-0.2, 0) is 0 Å². The van der Waals surface area contributed by atoms with Crippen molar-refractivity contribution < 1.29 is 4.74 Å². The molecule has 6 heteroatoms. The maximum absolute atomic E-state index is 5.16. The van der Waals surface area contributed by atoms with E-state index in [2.05, 4.69) is 20.4 Å². The molecule has 0 saturated carbocycles. The number of rotatable bonds is 3. The van der Waals surface area contributed by atoms with E-state index < -0.39 is 0 Å². The number of benzene rings is 1. The Balaban J connectivity index is 2.05. The Kier molecular flexibility index (Phi) is 3.12. The van der Waals surface area contributed by atoms with Crippen molar-refractivity contribution in [2.75, 3.05) is 19.1 Å². The Labute approximate surface area is 116 Å². The molecule has 0 aliphatic carbocycles. The Morgan fingerprint density at radius 3 is 2.60 bits per heavy atom. The van der Waals surface area contributed by atoms with E-state index in [0.29, 0.717) is 11.5 Å². The van der Waals surface area contributed by atoms with E-state index in [9.17, 15) is 0 Å². The van der Waals surface area contributed by atoms with Gasteiger partial charge in [0.2, 0.25) is 0 Å². The fraction of sp³-hybridized carbons (Fsp3) is 0.143. The van der Waals surface area contributed by atoms with Gasteiger partial charge in [-0.05, 0) is 41.6 Å². The smallest absolute Gasteiger partial charge is 0.187 e. The summed E-state index contributed by atoms with van der Waals surface area (Å²) in [7, 11) is 3.57. The third-order valence-electron chi connectivity index (χ3n) is 3.08. The molecule has 100 valence electrons. The van der Waals surface area contributed by atoms with Gasteiger partial charge in [0.05, 0.1) is 12.5 Å². The molecule has 0 amide bonds. The monoisotopic (exact) mass is 267 g/mol. The van der Waals surface area contributed by atoms with Gasteiger partial charge in [-0.25, -0.2) is 4.98 Å². The molecule has 0 unspecified atom stereocenters. The van der Waals surface area contributed by atoms with Gasteiger partial charge in [0.25, 0.3) is 0 Å². The molecular formula is C14H13N5O. The van der Waals surface area contributed by atoms with Crippen molar-refractivity contribution in [2.45, 2.75) is 0 Å². The van der Waals surface area contributed by atoms with Crippen LogP contribution >= 0.6 is 0 Å². The Morgan fingerprint density at radius 2 is 1.85 bits per heavy atom. The Bertz CT molecular complexity index is 724. The standard InChI is InChI=1S/C14H13N5O/c1-19(10-5-7-11(20-2)8-6-10)14-12-4-3-9-15-13(12)16-18-17-14/h3-9H,1-2H3. The van der Waals surface area contributed by atoms with Crippen LogP contribution in [-0.4, -0.2) is 34.6 Å². The van der Waals surface area contributed by atoms with E-state index in [1.807, 2.05) is 48.3 Å². The van der Waals surface area contributed by atoms with Gasteiger partial charge in [-0.15, -0.1) is 10.2 Å². The minimum Gasteiger partial charge on any atom is -0.497 e.